The van der Waals surface area contributed by atoms with E-state index >= 15 is 0 Å². The molecule has 2 amide bonds. The van der Waals surface area contributed by atoms with Gasteiger partial charge in [-0.25, -0.2) is 0 Å². The molecule has 8 heteroatoms. The number of imide groups is 1. The third-order valence-electron chi connectivity index (χ3n) is 3.16. The quantitative estimate of drug-likeness (QED) is 0.525. The average Bonchev–Trinajstić information content (AvgIpc) is 2.69. The van der Waals surface area contributed by atoms with Gasteiger partial charge < -0.3 is 5.73 Å². The smallest absolute Gasteiger partial charge is 0.262 e. The molecule has 0 bridgehead atoms. The molecule has 1 aromatic carbocycles. The molecule has 0 spiro atoms. The number of amides is 2. The van der Waals surface area contributed by atoms with Crippen LogP contribution in [-0.4, -0.2) is 16.4 Å². The second-order valence-electron chi connectivity index (χ2n) is 4.38. The molecule has 2 aromatic rings. The van der Waals surface area contributed by atoms with Gasteiger partial charge in [-0.1, -0.05) is 6.07 Å². The van der Waals surface area contributed by atoms with Crippen molar-refractivity contribution in [3.63, 3.8) is 0 Å². The number of fused-ring (bicyclic) bond motifs is 1. The van der Waals surface area contributed by atoms with Crippen molar-refractivity contribution in [2.24, 2.45) is 0 Å². The van der Waals surface area contributed by atoms with Crippen molar-refractivity contribution in [3.8, 4) is 5.69 Å². The second kappa shape index (κ2) is 4.74. The summed E-state index contributed by atoms with van der Waals surface area (Å²) in [6, 6.07) is 6.21. The fraction of sp³-hybridized carbons (Fsp3) is 0. The van der Waals surface area contributed by atoms with Gasteiger partial charge in [-0.15, -0.1) is 12.6 Å². The lowest BCUT2D eigenvalue weighted by atomic mass is 10.1. The lowest BCUT2D eigenvalue weighted by Crippen LogP contribution is -2.24. The highest BCUT2D eigenvalue weighted by molar-refractivity contribution is 9.10. The van der Waals surface area contributed by atoms with Gasteiger partial charge in [0.05, 0.1) is 16.8 Å². The van der Waals surface area contributed by atoms with Gasteiger partial charge in [0.2, 0.25) is 0 Å². The Kier molecular flexibility index (Phi) is 3.14. The first-order valence-electron chi connectivity index (χ1n) is 5.81. The van der Waals surface area contributed by atoms with E-state index in [0.717, 1.165) is 10.6 Å². The molecule has 1 aliphatic rings. The zero-order valence-corrected chi connectivity index (χ0v) is 12.9. The fourth-order valence-corrected chi connectivity index (χ4v) is 2.82. The number of aromatic nitrogens is 1. The van der Waals surface area contributed by atoms with Crippen LogP contribution in [0.4, 0.5) is 5.82 Å². The average molecular weight is 366 g/mol. The van der Waals surface area contributed by atoms with E-state index in [9.17, 15) is 14.4 Å². The summed E-state index contributed by atoms with van der Waals surface area (Å²) in [5.74, 6) is -1.32. The van der Waals surface area contributed by atoms with Crippen molar-refractivity contribution < 1.29 is 9.59 Å². The Morgan fingerprint density at radius 3 is 2.62 bits per heavy atom. The first kappa shape index (κ1) is 13.9. The third-order valence-corrected chi connectivity index (χ3v) is 4.60. The van der Waals surface area contributed by atoms with Gasteiger partial charge in [-0.3, -0.25) is 24.3 Å². The number of halogens is 1. The minimum Gasteiger partial charge on any atom is -0.384 e. The van der Waals surface area contributed by atoms with Crippen molar-refractivity contribution in [1.29, 1.82) is 0 Å². The summed E-state index contributed by atoms with van der Waals surface area (Å²) in [7, 11) is 0. The van der Waals surface area contributed by atoms with E-state index in [1.54, 1.807) is 18.2 Å². The van der Waals surface area contributed by atoms with Crippen LogP contribution in [0.1, 0.15) is 20.7 Å². The minimum absolute atomic E-state index is 0.00513. The lowest BCUT2D eigenvalue weighted by Gasteiger charge is -2.14. The van der Waals surface area contributed by atoms with E-state index in [4.69, 9.17) is 5.73 Å². The van der Waals surface area contributed by atoms with E-state index < -0.39 is 17.4 Å². The van der Waals surface area contributed by atoms with E-state index in [0.29, 0.717) is 15.1 Å². The number of hydrogen-bond donors (Lipinski definition) is 3. The first-order valence-corrected chi connectivity index (χ1v) is 7.05. The Balaban J connectivity index is 2.39. The molecule has 0 aliphatic carbocycles. The van der Waals surface area contributed by atoms with Crippen molar-refractivity contribution in [2.75, 3.05) is 5.73 Å². The van der Waals surface area contributed by atoms with Crippen molar-refractivity contribution in [2.45, 2.75) is 4.90 Å². The lowest BCUT2D eigenvalue weighted by molar-refractivity contribution is 0.0880. The largest absolute Gasteiger partial charge is 0.384 e. The maximum atomic E-state index is 12.3. The van der Waals surface area contributed by atoms with E-state index in [1.165, 1.54) is 0 Å². The van der Waals surface area contributed by atoms with E-state index in [1.807, 2.05) is 0 Å². The zero-order chi connectivity index (χ0) is 15.3. The Morgan fingerprint density at radius 2 is 1.90 bits per heavy atom. The predicted octanol–water partition coefficient (Wildman–Crippen LogP) is 1.35. The molecule has 0 saturated heterocycles. The Morgan fingerprint density at radius 1 is 1.19 bits per heavy atom. The van der Waals surface area contributed by atoms with Crippen molar-refractivity contribution in [3.05, 3.63) is 50.2 Å². The molecule has 3 N–H and O–H groups in total. The minimum atomic E-state index is -0.619. The van der Waals surface area contributed by atoms with Gasteiger partial charge in [0.25, 0.3) is 17.4 Å². The predicted molar refractivity (Wildman–Crippen MR) is 83.2 cm³/mol. The summed E-state index contributed by atoms with van der Waals surface area (Å²) in [5, 5.41) is 2.12. The van der Waals surface area contributed by atoms with Gasteiger partial charge in [-0.2, -0.15) is 0 Å². The summed E-state index contributed by atoms with van der Waals surface area (Å²) >= 11 is 7.64. The molecule has 0 saturated carbocycles. The van der Waals surface area contributed by atoms with Crippen LogP contribution in [0.5, 0.6) is 0 Å². The Labute approximate surface area is 132 Å². The zero-order valence-electron chi connectivity index (χ0n) is 10.4. The molecule has 0 unspecified atom stereocenters. The normalized spacial score (nSPS) is 13.2. The fourth-order valence-electron chi connectivity index (χ4n) is 2.21. The van der Waals surface area contributed by atoms with Crippen molar-refractivity contribution >= 4 is 46.2 Å². The summed E-state index contributed by atoms with van der Waals surface area (Å²) in [6.07, 6.45) is 0. The number of nitrogens with two attached hydrogens (primary N) is 1. The Hall–Kier alpha value is -2.06. The summed E-state index contributed by atoms with van der Waals surface area (Å²) < 4.78 is 1.83. The number of carbonyl (C=O) groups is 2. The molecule has 3 rings (SSSR count). The van der Waals surface area contributed by atoms with Gasteiger partial charge in [0.15, 0.2) is 0 Å². The SMILES string of the molecule is Nc1c2c(cc(=O)n1-c1cccc(Br)c1S)C(=O)NC2=O. The molecular formula is C13H8BrN3O3S. The number of nitrogens with zero attached hydrogens (tertiary/aromatic N) is 1. The number of nitrogens with one attached hydrogen (secondary N) is 1. The number of pyridine rings is 1. The van der Waals surface area contributed by atoms with E-state index in [-0.39, 0.29) is 16.9 Å². The number of anilines is 1. The van der Waals surface area contributed by atoms with Crippen LogP contribution >= 0.6 is 28.6 Å². The van der Waals surface area contributed by atoms with Crippen LogP contribution < -0.4 is 16.6 Å². The molecule has 0 atom stereocenters. The summed E-state index contributed by atoms with van der Waals surface area (Å²) in [5.41, 5.74) is 5.85. The maximum absolute atomic E-state index is 12.3. The number of hydrogen-bond acceptors (Lipinski definition) is 5. The maximum Gasteiger partial charge on any atom is 0.262 e. The summed E-state index contributed by atoms with van der Waals surface area (Å²) in [6.45, 7) is 0. The number of rotatable bonds is 1. The van der Waals surface area contributed by atoms with Crippen LogP contribution in [0, 0.1) is 0 Å². The topological polar surface area (TPSA) is 94.2 Å². The van der Waals surface area contributed by atoms with Crippen LogP contribution in [-0.2, 0) is 0 Å². The molecule has 1 aliphatic heterocycles. The van der Waals surface area contributed by atoms with Crippen LogP contribution in [0.25, 0.3) is 5.69 Å². The van der Waals surface area contributed by atoms with Gasteiger partial charge in [0, 0.05) is 15.4 Å². The van der Waals surface area contributed by atoms with Crippen LogP contribution in [0.2, 0.25) is 0 Å². The number of thiol groups is 1. The highest BCUT2D eigenvalue weighted by Crippen LogP contribution is 2.29. The number of nitrogen functional groups attached to an aromatic ring is 1. The molecule has 0 fully saturated rings. The molecular weight excluding hydrogens is 358 g/mol. The van der Waals surface area contributed by atoms with E-state index in [2.05, 4.69) is 33.9 Å². The molecule has 106 valence electrons. The third kappa shape index (κ3) is 1.98. The monoisotopic (exact) mass is 365 g/mol. The second-order valence-corrected chi connectivity index (χ2v) is 5.68. The highest BCUT2D eigenvalue weighted by Gasteiger charge is 2.32. The first-order chi connectivity index (χ1) is 9.91. The van der Waals surface area contributed by atoms with Crippen LogP contribution in [0.15, 0.2) is 38.4 Å². The Bertz CT molecular complexity index is 876. The molecule has 21 heavy (non-hydrogen) atoms. The molecule has 6 nitrogen and oxygen atoms in total. The number of benzene rings is 1. The van der Waals surface area contributed by atoms with Crippen molar-refractivity contribution in [1.82, 2.24) is 9.88 Å². The standard InChI is InChI=1S/C13H8BrN3O3S/c14-6-2-1-3-7(10(6)21)17-8(18)4-5-9(11(17)15)13(20)16-12(5)19/h1-4,21H,15H2,(H,16,19,20). The highest BCUT2D eigenvalue weighted by atomic mass is 79.9. The van der Waals surface area contributed by atoms with Gasteiger partial charge in [-0.05, 0) is 28.1 Å². The van der Waals surface area contributed by atoms with Gasteiger partial charge in [0.1, 0.15) is 5.82 Å². The van der Waals surface area contributed by atoms with Crippen LogP contribution in [0.3, 0.4) is 0 Å². The van der Waals surface area contributed by atoms with Gasteiger partial charge >= 0.3 is 0 Å². The molecule has 2 heterocycles. The molecule has 1 aromatic heterocycles. The number of carbonyl (C=O) groups excluding carboxylic acids is 2. The molecule has 0 radical (unpaired) electrons. The summed E-state index contributed by atoms with van der Waals surface area (Å²) in [4.78, 5) is 36.1.